The monoisotopic (exact) mass is 476 g/mol. The molecule has 2 aromatic carbocycles. The van der Waals surface area contributed by atoms with E-state index in [4.69, 9.17) is 9.72 Å². The number of amides is 2. The molecule has 186 valence electrons. The van der Waals surface area contributed by atoms with E-state index < -0.39 is 0 Å². The molecule has 3 aromatic rings. The van der Waals surface area contributed by atoms with E-state index in [2.05, 4.69) is 24.9 Å². The molecule has 0 saturated heterocycles. The molecule has 0 spiro atoms. The summed E-state index contributed by atoms with van der Waals surface area (Å²) in [7, 11) is 0. The zero-order valence-corrected chi connectivity index (χ0v) is 21.3. The molecule has 2 amide bonds. The third kappa shape index (κ3) is 6.36. The van der Waals surface area contributed by atoms with Crippen LogP contribution in [0.3, 0.4) is 0 Å². The Morgan fingerprint density at radius 3 is 2.63 bits per heavy atom. The van der Waals surface area contributed by atoms with Gasteiger partial charge in [-0.1, -0.05) is 43.8 Å². The van der Waals surface area contributed by atoms with Crippen LogP contribution in [-0.4, -0.2) is 41.2 Å². The van der Waals surface area contributed by atoms with Gasteiger partial charge in [0.1, 0.15) is 19.1 Å². The summed E-state index contributed by atoms with van der Waals surface area (Å²) in [6.45, 7) is 12.8. The second kappa shape index (κ2) is 12.3. The van der Waals surface area contributed by atoms with E-state index in [0.717, 1.165) is 40.1 Å². The Hall–Kier alpha value is -3.45. The summed E-state index contributed by atoms with van der Waals surface area (Å²) in [4.78, 5) is 32.1. The van der Waals surface area contributed by atoms with E-state index in [1.54, 1.807) is 11.8 Å². The molecule has 0 radical (unpaired) electrons. The lowest BCUT2D eigenvalue weighted by Crippen LogP contribution is -2.37. The Balaban J connectivity index is 1.88. The van der Waals surface area contributed by atoms with Crippen LogP contribution in [0.5, 0.6) is 0 Å². The highest BCUT2D eigenvalue weighted by molar-refractivity contribution is 5.95. The summed E-state index contributed by atoms with van der Waals surface area (Å²) in [5, 5.41) is 2.86. The molecule has 0 atom stereocenters. The molecular formula is C28H36N4O3. The number of aromatic nitrogens is 2. The number of fused-ring (bicyclic) bond motifs is 1. The second-order valence-corrected chi connectivity index (χ2v) is 8.62. The number of nitrogens with zero attached hydrogens (tertiary/aromatic N) is 3. The molecule has 35 heavy (non-hydrogen) atoms. The van der Waals surface area contributed by atoms with Gasteiger partial charge in [0.15, 0.2) is 0 Å². The molecule has 0 aliphatic rings. The predicted molar refractivity (Wildman–Crippen MR) is 140 cm³/mol. The van der Waals surface area contributed by atoms with Gasteiger partial charge in [-0.05, 0) is 56.9 Å². The fourth-order valence-corrected chi connectivity index (χ4v) is 4.15. The third-order valence-corrected chi connectivity index (χ3v) is 5.98. The largest absolute Gasteiger partial charge is 0.361 e. The zero-order valence-electron chi connectivity index (χ0n) is 21.3. The lowest BCUT2D eigenvalue weighted by atomic mass is 10.0. The minimum absolute atomic E-state index is 0.0533. The lowest BCUT2D eigenvalue weighted by molar-refractivity contribution is -0.120. The number of aryl methyl sites for hydroxylation is 3. The van der Waals surface area contributed by atoms with Crippen molar-refractivity contribution in [2.75, 3.05) is 24.8 Å². The summed E-state index contributed by atoms with van der Waals surface area (Å²) < 4.78 is 7.70. The van der Waals surface area contributed by atoms with E-state index in [1.165, 1.54) is 0 Å². The Morgan fingerprint density at radius 2 is 1.91 bits per heavy atom. The molecule has 1 N–H and O–H groups in total. The first-order valence-electron chi connectivity index (χ1n) is 12.2. The molecule has 3 rings (SSSR count). The molecule has 0 unspecified atom stereocenters. The second-order valence-electron chi connectivity index (χ2n) is 8.62. The van der Waals surface area contributed by atoms with Gasteiger partial charge in [-0.25, -0.2) is 4.98 Å². The van der Waals surface area contributed by atoms with E-state index in [-0.39, 0.29) is 25.1 Å². The van der Waals surface area contributed by atoms with Crippen molar-refractivity contribution < 1.29 is 14.3 Å². The van der Waals surface area contributed by atoms with Gasteiger partial charge in [0, 0.05) is 25.1 Å². The molecule has 0 bridgehead atoms. The van der Waals surface area contributed by atoms with Crippen molar-refractivity contribution in [1.82, 2.24) is 14.9 Å². The fourth-order valence-electron chi connectivity index (χ4n) is 4.15. The summed E-state index contributed by atoms with van der Waals surface area (Å²) in [5.41, 5.74) is 5.33. The van der Waals surface area contributed by atoms with Crippen LogP contribution in [0.25, 0.3) is 11.0 Å². The van der Waals surface area contributed by atoms with Gasteiger partial charge in [0.2, 0.25) is 11.8 Å². The Labute approximate surface area is 207 Å². The van der Waals surface area contributed by atoms with Crippen molar-refractivity contribution in [3.05, 3.63) is 71.6 Å². The topological polar surface area (TPSA) is 76.5 Å². The normalized spacial score (nSPS) is 11.0. The van der Waals surface area contributed by atoms with Crippen LogP contribution in [0.2, 0.25) is 0 Å². The number of ether oxygens (including phenoxy) is 1. The molecular weight excluding hydrogens is 440 g/mol. The van der Waals surface area contributed by atoms with Crippen LogP contribution in [0.1, 0.15) is 44.1 Å². The summed E-state index contributed by atoms with van der Waals surface area (Å²) in [6, 6.07) is 14.0. The molecule has 0 aliphatic carbocycles. The van der Waals surface area contributed by atoms with Gasteiger partial charge in [-0.15, -0.1) is 0 Å². The highest BCUT2D eigenvalue weighted by Crippen LogP contribution is 2.27. The van der Waals surface area contributed by atoms with E-state index in [9.17, 15) is 9.59 Å². The number of nitrogens with one attached hydrogen (secondary N) is 1. The number of imidazole rings is 1. The highest BCUT2D eigenvalue weighted by atomic mass is 16.5. The molecule has 7 heteroatoms. The number of para-hydroxylation sites is 3. The minimum atomic E-state index is -0.148. The molecule has 0 fully saturated rings. The molecule has 7 nitrogen and oxygen atoms in total. The van der Waals surface area contributed by atoms with Crippen LogP contribution >= 0.6 is 0 Å². The Bertz CT molecular complexity index is 1200. The van der Waals surface area contributed by atoms with Crippen molar-refractivity contribution in [3.63, 3.8) is 0 Å². The first kappa shape index (κ1) is 26.2. The van der Waals surface area contributed by atoms with Crippen LogP contribution in [0.15, 0.2) is 54.6 Å². The first-order valence-corrected chi connectivity index (χ1v) is 12.2. The fraction of sp³-hybridized carbons (Fsp3) is 0.393. The van der Waals surface area contributed by atoms with Crippen LogP contribution < -0.4 is 10.2 Å². The lowest BCUT2D eigenvalue weighted by Gasteiger charge is -2.27. The van der Waals surface area contributed by atoms with Crippen LogP contribution in [-0.2, 0) is 33.7 Å². The maximum atomic E-state index is 13.8. The molecule has 0 saturated carbocycles. The minimum Gasteiger partial charge on any atom is -0.361 e. The zero-order chi connectivity index (χ0) is 25.4. The van der Waals surface area contributed by atoms with E-state index >= 15 is 0 Å². The Kier molecular flexibility index (Phi) is 9.20. The highest BCUT2D eigenvalue weighted by Gasteiger charge is 2.23. The van der Waals surface area contributed by atoms with Gasteiger partial charge < -0.3 is 14.6 Å². The SMILES string of the molecule is C=C(C)C(=O)NCCCc1nc2ccccc2n1CC(=O)N(COCC)c1c(C)cccc1CC. The van der Waals surface area contributed by atoms with Gasteiger partial charge in [0.25, 0.3) is 0 Å². The van der Waals surface area contributed by atoms with Gasteiger partial charge in [-0.3, -0.25) is 14.5 Å². The molecule has 1 aromatic heterocycles. The maximum absolute atomic E-state index is 13.8. The number of hydrogen-bond donors (Lipinski definition) is 1. The quantitative estimate of drug-likeness (QED) is 0.236. The van der Waals surface area contributed by atoms with Crippen molar-refractivity contribution in [3.8, 4) is 0 Å². The van der Waals surface area contributed by atoms with Gasteiger partial charge in [0.05, 0.1) is 16.7 Å². The summed E-state index contributed by atoms with van der Waals surface area (Å²) in [5.74, 6) is 0.619. The van der Waals surface area contributed by atoms with Crippen LogP contribution in [0.4, 0.5) is 5.69 Å². The number of carbonyl (C=O) groups excluding carboxylic acids is 2. The number of rotatable bonds is 12. The number of benzene rings is 2. The van der Waals surface area contributed by atoms with Gasteiger partial charge >= 0.3 is 0 Å². The standard InChI is InChI=1S/C28H36N4O3/c1-6-22-13-10-12-21(5)27(22)32(19-35-7-2)26(33)18-31-24-15-9-8-14-23(24)30-25(31)16-11-17-29-28(34)20(3)4/h8-10,12-15H,3,6-7,11,16-19H2,1-2,4-5H3,(H,29,34). The smallest absolute Gasteiger partial charge is 0.248 e. The van der Waals surface area contributed by atoms with Crippen molar-refractivity contribution in [2.45, 2.75) is 53.5 Å². The van der Waals surface area contributed by atoms with E-state index in [0.29, 0.717) is 31.6 Å². The third-order valence-electron chi connectivity index (χ3n) is 5.98. The van der Waals surface area contributed by atoms with Crippen molar-refractivity contribution in [2.24, 2.45) is 0 Å². The average Bonchev–Trinajstić information content (AvgIpc) is 3.19. The maximum Gasteiger partial charge on any atom is 0.248 e. The van der Waals surface area contributed by atoms with Crippen molar-refractivity contribution in [1.29, 1.82) is 0 Å². The van der Waals surface area contributed by atoms with Gasteiger partial charge in [-0.2, -0.15) is 0 Å². The summed E-state index contributed by atoms with van der Waals surface area (Å²) in [6.07, 6.45) is 2.16. The van der Waals surface area contributed by atoms with Crippen LogP contribution in [0, 0.1) is 6.92 Å². The number of anilines is 1. The first-order chi connectivity index (χ1) is 16.9. The number of carbonyl (C=O) groups is 2. The average molecular weight is 477 g/mol. The molecule has 1 heterocycles. The summed E-state index contributed by atoms with van der Waals surface area (Å²) >= 11 is 0. The molecule has 0 aliphatic heterocycles. The number of hydrogen-bond acceptors (Lipinski definition) is 4. The predicted octanol–water partition coefficient (Wildman–Crippen LogP) is 4.56. The Morgan fingerprint density at radius 1 is 1.14 bits per heavy atom. The van der Waals surface area contributed by atoms with Crippen molar-refractivity contribution >= 4 is 28.5 Å². The van der Waals surface area contributed by atoms with E-state index in [1.807, 2.05) is 54.8 Å².